The average molecular weight is 353 g/mol. The molecule has 0 aliphatic heterocycles. The van der Waals surface area contributed by atoms with E-state index in [2.05, 4.69) is 12.2 Å². The second-order valence-corrected chi connectivity index (χ2v) is 6.37. The molecule has 6 nitrogen and oxygen atoms in total. The second kappa shape index (κ2) is 9.48. The van der Waals surface area contributed by atoms with Crippen LogP contribution in [0.5, 0.6) is 11.5 Å². The first-order chi connectivity index (χ1) is 12.6. The maximum Gasteiger partial charge on any atom is 0.262 e. The van der Waals surface area contributed by atoms with Crippen molar-refractivity contribution >= 4 is 12.0 Å². The first kappa shape index (κ1) is 19.3. The van der Waals surface area contributed by atoms with Gasteiger partial charge in [-0.3, -0.25) is 4.79 Å². The summed E-state index contributed by atoms with van der Waals surface area (Å²) in [6, 6.07) is 9.01. The fourth-order valence-electron chi connectivity index (χ4n) is 3.10. The van der Waals surface area contributed by atoms with Gasteiger partial charge in [-0.25, -0.2) is 0 Å². The Labute approximate surface area is 154 Å². The zero-order valence-electron chi connectivity index (χ0n) is 15.1. The Hall–Kier alpha value is -2.99. The lowest BCUT2D eigenvalue weighted by Gasteiger charge is -2.29. The van der Waals surface area contributed by atoms with Crippen LogP contribution in [0.25, 0.3) is 6.08 Å². The molecule has 1 amide bonds. The van der Waals surface area contributed by atoms with Crippen LogP contribution in [0.1, 0.15) is 38.2 Å². The van der Waals surface area contributed by atoms with Gasteiger partial charge in [0.15, 0.2) is 18.1 Å². The molecule has 26 heavy (non-hydrogen) atoms. The van der Waals surface area contributed by atoms with Gasteiger partial charge in [0.2, 0.25) is 0 Å². The largest absolute Gasteiger partial charge is 0.493 e. The first-order valence-corrected chi connectivity index (χ1v) is 8.69. The summed E-state index contributed by atoms with van der Waals surface area (Å²) in [5.74, 6) is 0.942. The Morgan fingerprint density at radius 2 is 2.08 bits per heavy atom. The maximum atomic E-state index is 12.5. The molecule has 2 atom stereocenters. The van der Waals surface area contributed by atoms with E-state index >= 15 is 0 Å². The summed E-state index contributed by atoms with van der Waals surface area (Å²) in [6.07, 6.45) is 5.86. The van der Waals surface area contributed by atoms with Crippen molar-refractivity contribution in [2.24, 2.45) is 5.92 Å². The minimum absolute atomic E-state index is 0.0514. The normalized spacial score (nSPS) is 19.8. The van der Waals surface area contributed by atoms with Crippen LogP contribution in [0, 0.1) is 28.6 Å². The number of rotatable bonds is 6. The molecule has 2 rings (SSSR count). The fourth-order valence-corrected chi connectivity index (χ4v) is 3.10. The minimum atomic E-state index is -0.352. The number of nitriles is 2. The Kier molecular flexibility index (Phi) is 7.05. The summed E-state index contributed by atoms with van der Waals surface area (Å²) in [5, 5.41) is 21.0. The number of benzene rings is 1. The van der Waals surface area contributed by atoms with Crippen molar-refractivity contribution < 1.29 is 14.3 Å². The van der Waals surface area contributed by atoms with Crippen molar-refractivity contribution in [3.05, 3.63) is 29.3 Å². The maximum absolute atomic E-state index is 12.5. The van der Waals surface area contributed by atoms with Gasteiger partial charge >= 0.3 is 0 Å². The third kappa shape index (κ3) is 5.00. The Morgan fingerprint density at radius 1 is 1.31 bits per heavy atom. The molecule has 2 unspecified atom stereocenters. The van der Waals surface area contributed by atoms with Crippen molar-refractivity contribution in [1.29, 1.82) is 10.5 Å². The van der Waals surface area contributed by atoms with Gasteiger partial charge in [-0.2, -0.15) is 10.5 Å². The van der Waals surface area contributed by atoms with Crippen LogP contribution in [0.15, 0.2) is 23.8 Å². The van der Waals surface area contributed by atoms with Crippen LogP contribution in [0.3, 0.4) is 0 Å². The molecule has 0 heterocycles. The lowest BCUT2D eigenvalue weighted by Crippen LogP contribution is -2.41. The predicted molar refractivity (Wildman–Crippen MR) is 97.3 cm³/mol. The van der Waals surface area contributed by atoms with Crippen molar-refractivity contribution in [3.63, 3.8) is 0 Å². The summed E-state index contributed by atoms with van der Waals surface area (Å²) < 4.78 is 10.5. The van der Waals surface area contributed by atoms with Crippen LogP contribution in [0.4, 0.5) is 0 Å². The Bertz CT molecular complexity index is 759. The van der Waals surface area contributed by atoms with E-state index in [1.165, 1.54) is 19.6 Å². The highest BCUT2D eigenvalue weighted by Crippen LogP contribution is 2.29. The van der Waals surface area contributed by atoms with Gasteiger partial charge in [0.05, 0.1) is 7.11 Å². The number of carbonyl (C=O) groups excluding carboxylic acids is 1. The zero-order chi connectivity index (χ0) is 18.9. The van der Waals surface area contributed by atoms with Crippen molar-refractivity contribution in [1.82, 2.24) is 5.32 Å². The van der Waals surface area contributed by atoms with E-state index in [1.807, 2.05) is 12.1 Å². The molecule has 0 bridgehead atoms. The lowest BCUT2D eigenvalue weighted by molar-refractivity contribution is -0.118. The quantitative estimate of drug-likeness (QED) is 0.626. The molecule has 0 saturated heterocycles. The number of amides is 1. The summed E-state index contributed by atoms with van der Waals surface area (Å²) in [5.41, 5.74) is 0.699. The molecule has 1 saturated carbocycles. The van der Waals surface area contributed by atoms with Crippen LogP contribution >= 0.6 is 0 Å². The molecule has 0 aromatic heterocycles. The molecule has 136 valence electrons. The lowest BCUT2D eigenvalue weighted by atomic mass is 9.86. The molecule has 0 radical (unpaired) electrons. The number of ether oxygens (including phenoxy) is 2. The van der Waals surface area contributed by atoms with Crippen LogP contribution in [0.2, 0.25) is 0 Å². The van der Waals surface area contributed by atoms with E-state index in [0.717, 1.165) is 19.3 Å². The minimum Gasteiger partial charge on any atom is -0.493 e. The third-order valence-electron chi connectivity index (χ3n) is 4.58. The Balaban J connectivity index is 2.15. The van der Waals surface area contributed by atoms with Gasteiger partial charge in [-0.05, 0) is 42.5 Å². The van der Waals surface area contributed by atoms with Gasteiger partial charge in [-0.15, -0.1) is 0 Å². The number of nitrogens with zero attached hydrogens (tertiary/aromatic N) is 2. The molecule has 1 fully saturated rings. The molecule has 1 aliphatic rings. The van der Waals surface area contributed by atoms with E-state index in [-0.39, 0.29) is 24.1 Å². The smallest absolute Gasteiger partial charge is 0.262 e. The van der Waals surface area contributed by atoms with E-state index in [9.17, 15) is 10.1 Å². The standard InChI is InChI=1S/C20H23N3O3/c1-14-5-3-4-6-17(14)23-20(24)16(13-22)11-15-7-8-18(26-10-9-21)19(12-15)25-2/h7-8,11-12,14,17H,3-6,10H2,1-2H3,(H,23,24)/b16-11+. The van der Waals surface area contributed by atoms with Gasteiger partial charge in [0, 0.05) is 6.04 Å². The number of carbonyl (C=O) groups is 1. The van der Waals surface area contributed by atoms with Gasteiger partial charge in [0.1, 0.15) is 17.7 Å². The highest BCUT2D eigenvalue weighted by Gasteiger charge is 2.24. The predicted octanol–water partition coefficient (Wildman–Crippen LogP) is 3.20. The van der Waals surface area contributed by atoms with Crippen LogP contribution in [-0.4, -0.2) is 25.7 Å². The van der Waals surface area contributed by atoms with E-state index in [0.29, 0.717) is 23.0 Å². The number of nitrogens with one attached hydrogen (secondary N) is 1. The Morgan fingerprint density at radius 3 is 2.73 bits per heavy atom. The molecule has 0 spiro atoms. The van der Waals surface area contributed by atoms with E-state index in [4.69, 9.17) is 14.7 Å². The summed E-state index contributed by atoms with van der Waals surface area (Å²) in [6.45, 7) is 2.04. The first-order valence-electron chi connectivity index (χ1n) is 8.69. The van der Waals surface area contributed by atoms with Crippen molar-refractivity contribution in [2.75, 3.05) is 13.7 Å². The zero-order valence-corrected chi connectivity index (χ0v) is 15.1. The molecule has 1 aromatic carbocycles. The molecule has 1 aliphatic carbocycles. The molecule has 1 aromatic rings. The summed E-state index contributed by atoms with van der Waals surface area (Å²) >= 11 is 0. The molecular weight excluding hydrogens is 330 g/mol. The molecule has 1 N–H and O–H groups in total. The summed E-state index contributed by atoms with van der Waals surface area (Å²) in [7, 11) is 1.49. The highest BCUT2D eigenvalue weighted by molar-refractivity contribution is 6.01. The van der Waals surface area contributed by atoms with Crippen LogP contribution in [-0.2, 0) is 4.79 Å². The van der Waals surface area contributed by atoms with Crippen LogP contribution < -0.4 is 14.8 Å². The monoisotopic (exact) mass is 353 g/mol. The number of methoxy groups -OCH3 is 1. The van der Waals surface area contributed by atoms with Gasteiger partial charge in [0.25, 0.3) is 5.91 Å². The topological polar surface area (TPSA) is 95.1 Å². The second-order valence-electron chi connectivity index (χ2n) is 6.37. The average Bonchev–Trinajstić information content (AvgIpc) is 2.66. The van der Waals surface area contributed by atoms with Crippen molar-refractivity contribution in [3.8, 4) is 23.6 Å². The molecular formula is C20H23N3O3. The molecule has 6 heteroatoms. The number of hydrogen-bond donors (Lipinski definition) is 1. The van der Waals surface area contributed by atoms with Gasteiger partial charge in [-0.1, -0.05) is 25.8 Å². The van der Waals surface area contributed by atoms with Crippen molar-refractivity contribution in [2.45, 2.75) is 38.6 Å². The van der Waals surface area contributed by atoms with E-state index in [1.54, 1.807) is 18.2 Å². The van der Waals surface area contributed by atoms with Gasteiger partial charge < -0.3 is 14.8 Å². The number of hydrogen-bond acceptors (Lipinski definition) is 5. The SMILES string of the molecule is COc1cc(/C=C(\C#N)C(=O)NC2CCCCC2C)ccc1OCC#N. The third-order valence-corrected chi connectivity index (χ3v) is 4.58. The van der Waals surface area contributed by atoms with E-state index < -0.39 is 0 Å². The fraction of sp³-hybridized carbons (Fsp3) is 0.450. The highest BCUT2D eigenvalue weighted by atomic mass is 16.5. The summed E-state index contributed by atoms with van der Waals surface area (Å²) in [4.78, 5) is 12.5.